The normalized spacial score (nSPS) is 12.0. The lowest BCUT2D eigenvalue weighted by Crippen LogP contribution is -2.29. The minimum absolute atomic E-state index is 0.262. The molecule has 0 aliphatic rings. The van der Waals surface area contributed by atoms with Gasteiger partial charge >= 0.3 is 0 Å². The van der Waals surface area contributed by atoms with Crippen LogP contribution in [-0.2, 0) is 12.0 Å². The lowest BCUT2D eigenvalue weighted by atomic mass is 9.95. The number of benzene rings is 3. The molecule has 0 amide bonds. The number of rotatable bonds is 5. The van der Waals surface area contributed by atoms with Crippen LogP contribution in [0.3, 0.4) is 0 Å². The molecule has 1 aromatic heterocycles. The van der Waals surface area contributed by atoms with Gasteiger partial charge in [-0.25, -0.2) is 4.98 Å². The molecular weight excluding hydrogens is 617 g/mol. The van der Waals surface area contributed by atoms with Gasteiger partial charge in [-0.1, -0.05) is 72.0 Å². The lowest BCUT2D eigenvalue weighted by Gasteiger charge is -2.21. The standard InChI is InChI=1S/C26H21Br2Cl2N3O2/c1-26(2,3)25-32-22-9-6-17(27)11-20(22)24(34)33(25)31-13-16-10-19(30)12-21(28)23(16)35-14-15-4-7-18(29)8-5-15/h4-13H,14H2,1-3H3. The Morgan fingerprint density at radius 1 is 1.03 bits per heavy atom. The molecule has 0 saturated heterocycles. The van der Waals surface area contributed by atoms with Crippen LogP contribution in [-0.4, -0.2) is 15.9 Å². The van der Waals surface area contributed by atoms with Gasteiger partial charge in [-0.05, 0) is 64.0 Å². The summed E-state index contributed by atoms with van der Waals surface area (Å²) in [7, 11) is 0. The minimum atomic E-state index is -0.430. The third-order valence-corrected chi connectivity index (χ3v) is 6.68. The Morgan fingerprint density at radius 3 is 2.43 bits per heavy atom. The predicted octanol–water partition coefficient (Wildman–Crippen LogP) is 7.99. The molecule has 1 heterocycles. The molecular formula is C26H21Br2Cl2N3O2. The maximum atomic E-state index is 13.4. The Morgan fingerprint density at radius 2 is 1.74 bits per heavy atom. The van der Waals surface area contributed by atoms with E-state index >= 15 is 0 Å². The zero-order valence-electron chi connectivity index (χ0n) is 19.2. The first-order valence-corrected chi connectivity index (χ1v) is 13.0. The molecule has 0 unspecified atom stereocenters. The van der Waals surface area contributed by atoms with E-state index in [0.717, 1.165) is 10.0 Å². The van der Waals surface area contributed by atoms with Crippen molar-refractivity contribution in [2.45, 2.75) is 32.8 Å². The van der Waals surface area contributed by atoms with E-state index in [1.807, 2.05) is 57.2 Å². The monoisotopic (exact) mass is 635 g/mol. The summed E-state index contributed by atoms with van der Waals surface area (Å²) in [5.41, 5.74) is 1.49. The Kier molecular flexibility index (Phi) is 7.71. The van der Waals surface area contributed by atoms with Gasteiger partial charge in [0.2, 0.25) is 0 Å². The molecule has 35 heavy (non-hydrogen) atoms. The van der Waals surface area contributed by atoms with Crippen molar-refractivity contribution in [2.75, 3.05) is 0 Å². The van der Waals surface area contributed by atoms with Crippen molar-refractivity contribution >= 4 is 72.2 Å². The van der Waals surface area contributed by atoms with Crippen LogP contribution in [0.4, 0.5) is 0 Å². The third-order valence-electron chi connectivity index (χ3n) is 5.13. The molecule has 0 saturated carbocycles. The van der Waals surface area contributed by atoms with Crippen molar-refractivity contribution in [1.29, 1.82) is 0 Å². The molecule has 9 heteroatoms. The molecule has 0 bridgehead atoms. The second-order valence-electron chi connectivity index (χ2n) is 8.93. The van der Waals surface area contributed by atoms with Crippen molar-refractivity contribution in [2.24, 2.45) is 5.10 Å². The first-order valence-electron chi connectivity index (χ1n) is 10.7. The summed E-state index contributed by atoms with van der Waals surface area (Å²) in [5, 5.41) is 6.18. The molecule has 4 rings (SSSR count). The third kappa shape index (κ3) is 5.97. The summed E-state index contributed by atoms with van der Waals surface area (Å²) in [6, 6.07) is 16.3. The van der Waals surface area contributed by atoms with Crippen LogP contribution in [0.25, 0.3) is 10.9 Å². The van der Waals surface area contributed by atoms with Gasteiger partial charge < -0.3 is 4.74 Å². The van der Waals surface area contributed by atoms with Crippen LogP contribution in [0.2, 0.25) is 10.0 Å². The highest BCUT2D eigenvalue weighted by Crippen LogP contribution is 2.33. The number of hydrogen-bond acceptors (Lipinski definition) is 4. The number of fused-ring (bicyclic) bond motifs is 1. The first kappa shape index (κ1) is 25.9. The van der Waals surface area contributed by atoms with Crippen LogP contribution >= 0.6 is 55.1 Å². The van der Waals surface area contributed by atoms with Crippen molar-refractivity contribution in [3.8, 4) is 5.75 Å². The molecule has 3 aromatic carbocycles. The first-order chi connectivity index (χ1) is 16.5. The van der Waals surface area contributed by atoms with E-state index in [1.165, 1.54) is 4.68 Å². The smallest absolute Gasteiger partial charge is 0.282 e. The maximum Gasteiger partial charge on any atom is 0.282 e. The Labute approximate surface area is 230 Å². The lowest BCUT2D eigenvalue weighted by molar-refractivity contribution is 0.304. The highest BCUT2D eigenvalue weighted by molar-refractivity contribution is 9.10. The summed E-state index contributed by atoms with van der Waals surface area (Å²) in [5.74, 6) is 1.09. The van der Waals surface area contributed by atoms with Crippen LogP contribution in [0.1, 0.15) is 37.7 Å². The van der Waals surface area contributed by atoms with Crippen LogP contribution in [0.5, 0.6) is 5.75 Å². The van der Waals surface area contributed by atoms with Gasteiger partial charge in [-0.2, -0.15) is 9.78 Å². The van der Waals surface area contributed by atoms with Crippen LogP contribution in [0, 0.1) is 0 Å². The van der Waals surface area contributed by atoms with Gasteiger partial charge in [-0.15, -0.1) is 0 Å². The highest BCUT2D eigenvalue weighted by Gasteiger charge is 2.23. The Bertz CT molecular complexity index is 1490. The number of halogens is 4. The van der Waals surface area contributed by atoms with Crippen molar-refractivity contribution in [3.63, 3.8) is 0 Å². The summed E-state index contributed by atoms with van der Waals surface area (Å²) < 4.78 is 8.90. The van der Waals surface area contributed by atoms with Crippen LogP contribution < -0.4 is 10.3 Å². The SMILES string of the molecule is CC(C)(C)c1nc2ccc(Br)cc2c(=O)n1N=Cc1cc(Cl)cc(Br)c1OCc1ccc(Cl)cc1. The summed E-state index contributed by atoms with van der Waals surface area (Å²) in [6.45, 7) is 6.28. The molecule has 0 aliphatic heterocycles. The fourth-order valence-electron chi connectivity index (χ4n) is 3.43. The van der Waals surface area contributed by atoms with Gasteiger partial charge in [0.05, 0.1) is 21.6 Å². The van der Waals surface area contributed by atoms with E-state index in [1.54, 1.807) is 24.4 Å². The average Bonchev–Trinajstić information content (AvgIpc) is 2.78. The zero-order chi connectivity index (χ0) is 25.3. The molecule has 0 fully saturated rings. The number of nitrogens with zero attached hydrogens (tertiary/aromatic N) is 3. The van der Waals surface area contributed by atoms with Crippen molar-refractivity contribution in [1.82, 2.24) is 9.66 Å². The highest BCUT2D eigenvalue weighted by atomic mass is 79.9. The Balaban J connectivity index is 1.79. The Hall–Kier alpha value is -2.19. The molecule has 0 N–H and O–H groups in total. The summed E-state index contributed by atoms with van der Waals surface area (Å²) in [6.07, 6.45) is 1.57. The van der Waals surface area contributed by atoms with Gasteiger partial charge in [0, 0.05) is 25.5 Å². The van der Waals surface area contributed by atoms with Crippen LogP contribution in [0.15, 0.2) is 73.4 Å². The van der Waals surface area contributed by atoms with Gasteiger partial charge in [0.1, 0.15) is 18.2 Å². The zero-order valence-corrected chi connectivity index (χ0v) is 23.8. The predicted molar refractivity (Wildman–Crippen MR) is 150 cm³/mol. The van der Waals surface area contributed by atoms with E-state index in [9.17, 15) is 4.79 Å². The van der Waals surface area contributed by atoms with Gasteiger partial charge in [-0.3, -0.25) is 4.79 Å². The number of hydrogen-bond donors (Lipinski definition) is 0. The second-order valence-corrected chi connectivity index (χ2v) is 11.6. The average molecular weight is 638 g/mol. The van der Waals surface area contributed by atoms with Gasteiger partial charge in [0.15, 0.2) is 0 Å². The van der Waals surface area contributed by atoms with E-state index in [2.05, 4.69) is 37.0 Å². The maximum absolute atomic E-state index is 13.4. The van der Waals surface area contributed by atoms with Crippen molar-refractivity contribution < 1.29 is 4.74 Å². The molecule has 5 nitrogen and oxygen atoms in total. The number of aromatic nitrogens is 2. The fraction of sp³-hybridized carbons (Fsp3) is 0.192. The van der Waals surface area contributed by atoms with Crippen molar-refractivity contribution in [3.05, 3.63) is 101 Å². The molecule has 0 aliphatic carbocycles. The molecule has 0 radical (unpaired) electrons. The number of ether oxygens (including phenoxy) is 1. The van der Waals surface area contributed by atoms with E-state index in [-0.39, 0.29) is 5.56 Å². The van der Waals surface area contributed by atoms with Gasteiger partial charge in [0.25, 0.3) is 5.56 Å². The summed E-state index contributed by atoms with van der Waals surface area (Å²) in [4.78, 5) is 18.2. The molecule has 0 atom stereocenters. The minimum Gasteiger partial charge on any atom is -0.487 e. The van der Waals surface area contributed by atoms with E-state index in [4.69, 9.17) is 32.9 Å². The molecule has 180 valence electrons. The van der Waals surface area contributed by atoms with E-state index in [0.29, 0.717) is 49.2 Å². The molecule has 4 aromatic rings. The second kappa shape index (κ2) is 10.4. The topological polar surface area (TPSA) is 56.5 Å². The largest absolute Gasteiger partial charge is 0.487 e. The van der Waals surface area contributed by atoms with E-state index < -0.39 is 5.41 Å². The molecule has 0 spiro atoms. The fourth-order valence-corrected chi connectivity index (χ4v) is 4.86. The quantitative estimate of drug-likeness (QED) is 0.209. The summed E-state index contributed by atoms with van der Waals surface area (Å²) >= 11 is 19.3.